The van der Waals surface area contributed by atoms with Crippen molar-refractivity contribution in [2.45, 2.75) is 45.3 Å². The molecule has 0 N–H and O–H groups in total. The number of nitriles is 1. The fourth-order valence-electron chi connectivity index (χ4n) is 1.82. The summed E-state index contributed by atoms with van der Waals surface area (Å²) in [5.74, 6) is 0. The van der Waals surface area contributed by atoms with Gasteiger partial charge in [-0.05, 0) is 32.7 Å². The first-order valence-electron chi connectivity index (χ1n) is 5.53. The maximum atomic E-state index is 8.82. The predicted octanol–water partition coefficient (Wildman–Crippen LogP) is 1.79. The van der Waals surface area contributed by atoms with Gasteiger partial charge in [0.05, 0.1) is 18.2 Å². The highest BCUT2D eigenvalue weighted by Crippen LogP contribution is 2.15. The molecule has 0 saturated carbocycles. The molecule has 1 heterocycles. The van der Waals surface area contributed by atoms with Crippen molar-refractivity contribution in [3.8, 4) is 6.07 Å². The van der Waals surface area contributed by atoms with Crippen molar-refractivity contribution < 1.29 is 4.74 Å². The second-order valence-electron chi connectivity index (χ2n) is 3.94. The van der Waals surface area contributed by atoms with Crippen molar-refractivity contribution in [1.29, 1.82) is 5.26 Å². The van der Waals surface area contributed by atoms with Crippen molar-refractivity contribution in [1.82, 2.24) is 4.90 Å². The molecule has 0 radical (unpaired) electrons. The van der Waals surface area contributed by atoms with Gasteiger partial charge in [0.2, 0.25) is 0 Å². The Bertz CT molecular complexity index is 200. The summed E-state index contributed by atoms with van der Waals surface area (Å²) in [6.45, 7) is 6.90. The van der Waals surface area contributed by atoms with E-state index in [4.69, 9.17) is 10.00 Å². The molecule has 0 aromatic heterocycles. The minimum Gasteiger partial charge on any atom is -0.377 e. The largest absolute Gasteiger partial charge is 0.377 e. The predicted molar refractivity (Wildman–Crippen MR) is 55.9 cm³/mol. The normalized spacial score (nSPS) is 25.6. The van der Waals surface area contributed by atoms with Crippen LogP contribution in [0.2, 0.25) is 0 Å². The molecule has 0 bridgehead atoms. The standard InChI is InChI=1S/C11H20N2O/c1-3-7-14-11-5-4-6-13(9-11)10(2)8-12/h10-11H,3-7,9H2,1-2H3. The summed E-state index contributed by atoms with van der Waals surface area (Å²) in [5.41, 5.74) is 0. The van der Waals surface area contributed by atoms with Crippen molar-refractivity contribution in [3.63, 3.8) is 0 Å². The zero-order chi connectivity index (χ0) is 10.4. The molecule has 0 spiro atoms. The zero-order valence-corrected chi connectivity index (χ0v) is 9.20. The molecule has 2 unspecified atom stereocenters. The molecule has 1 fully saturated rings. The lowest BCUT2D eigenvalue weighted by Crippen LogP contribution is -2.43. The van der Waals surface area contributed by atoms with Crippen LogP contribution in [0.1, 0.15) is 33.1 Å². The fraction of sp³-hybridized carbons (Fsp3) is 0.909. The van der Waals surface area contributed by atoms with E-state index in [0.29, 0.717) is 6.10 Å². The van der Waals surface area contributed by atoms with Crippen molar-refractivity contribution in [3.05, 3.63) is 0 Å². The highest BCUT2D eigenvalue weighted by Gasteiger charge is 2.23. The minimum atomic E-state index is 0.0306. The van der Waals surface area contributed by atoms with E-state index in [1.165, 1.54) is 0 Å². The number of piperidine rings is 1. The Balaban J connectivity index is 2.32. The van der Waals surface area contributed by atoms with E-state index >= 15 is 0 Å². The lowest BCUT2D eigenvalue weighted by molar-refractivity contribution is -0.00466. The minimum absolute atomic E-state index is 0.0306. The first kappa shape index (κ1) is 11.5. The Hall–Kier alpha value is -0.590. The van der Waals surface area contributed by atoms with Crippen LogP contribution in [-0.2, 0) is 4.74 Å². The topological polar surface area (TPSA) is 36.3 Å². The molecular weight excluding hydrogens is 176 g/mol. The second kappa shape index (κ2) is 6.00. The molecule has 1 aliphatic rings. The van der Waals surface area contributed by atoms with Crippen LogP contribution in [0.25, 0.3) is 0 Å². The Labute approximate surface area is 86.6 Å². The fourth-order valence-corrected chi connectivity index (χ4v) is 1.82. The Morgan fingerprint density at radius 3 is 3.07 bits per heavy atom. The van der Waals surface area contributed by atoms with Gasteiger partial charge in [-0.25, -0.2) is 0 Å². The smallest absolute Gasteiger partial charge is 0.0950 e. The molecule has 0 aliphatic carbocycles. The molecule has 0 aromatic rings. The third-order valence-electron chi connectivity index (χ3n) is 2.70. The van der Waals surface area contributed by atoms with Crippen LogP contribution in [-0.4, -0.2) is 36.7 Å². The van der Waals surface area contributed by atoms with Crippen LogP contribution in [0.4, 0.5) is 0 Å². The average Bonchev–Trinajstić information content (AvgIpc) is 2.25. The highest BCUT2D eigenvalue weighted by atomic mass is 16.5. The summed E-state index contributed by atoms with van der Waals surface area (Å²) in [7, 11) is 0. The number of likely N-dealkylation sites (tertiary alicyclic amines) is 1. The monoisotopic (exact) mass is 196 g/mol. The van der Waals surface area contributed by atoms with Gasteiger partial charge in [-0.1, -0.05) is 6.92 Å². The summed E-state index contributed by atoms with van der Waals surface area (Å²) < 4.78 is 5.71. The Morgan fingerprint density at radius 1 is 1.64 bits per heavy atom. The molecule has 2 atom stereocenters. The number of rotatable bonds is 4. The lowest BCUT2D eigenvalue weighted by atomic mass is 10.1. The van der Waals surface area contributed by atoms with Crippen molar-refractivity contribution in [2.24, 2.45) is 0 Å². The number of hydrogen-bond donors (Lipinski definition) is 0. The van der Waals surface area contributed by atoms with Gasteiger partial charge in [0, 0.05) is 13.2 Å². The van der Waals surface area contributed by atoms with Crippen molar-refractivity contribution >= 4 is 0 Å². The number of nitrogens with zero attached hydrogens (tertiary/aromatic N) is 2. The van der Waals surface area contributed by atoms with E-state index in [1.807, 2.05) is 6.92 Å². The van der Waals surface area contributed by atoms with E-state index < -0.39 is 0 Å². The maximum absolute atomic E-state index is 8.82. The average molecular weight is 196 g/mol. The van der Waals surface area contributed by atoms with Gasteiger partial charge in [0.1, 0.15) is 0 Å². The van der Waals surface area contributed by atoms with E-state index in [1.54, 1.807) is 0 Å². The van der Waals surface area contributed by atoms with Crippen LogP contribution in [0.15, 0.2) is 0 Å². The molecule has 1 rings (SSSR count). The number of ether oxygens (including phenoxy) is 1. The molecule has 0 aromatic carbocycles. The molecule has 1 saturated heterocycles. The summed E-state index contributed by atoms with van der Waals surface area (Å²) in [4.78, 5) is 2.21. The summed E-state index contributed by atoms with van der Waals surface area (Å²) in [5, 5.41) is 8.82. The Kier molecular flexibility index (Phi) is 4.92. The molecule has 3 heteroatoms. The Morgan fingerprint density at radius 2 is 2.43 bits per heavy atom. The third kappa shape index (κ3) is 3.28. The summed E-state index contributed by atoms with van der Waals surface area (Å²) in [6, 6.07) is 2.31. The zero-order valence-electron chi connectivity index (χ0n) is 9.20. The molecule has 80 valence electrons. The molecule has 3 nitrogen and oxygen atoms in total. The maximum Gasteiger partial charge on any atom is 0.0950 e. The van der Waals surface area contributed by atoms with Gasteiger partial charge in [-0.3, -0.25) is 4.90 Å². The van der Waals surface area contributed by atoms with E-state index in [9.17, 15) is 0 Å². The molecule has 1 aliphatic heterocycles. The van der Waals surface area contributed by atoms with Gasteiger partial charge >= 0.3 is 0 Å². The van der Waals surface area contributed by atoms with Gasteiger partial charge in [0.25, 0.3) is 0 Å². The third-order valence-corrected chi connectivity index (χ3v) is 2.70. The first-order valence-corrected chi connectivity index (χ1v) is 5.53. The van der Waals surface area contributed by atoms with Gasteiger partial charge in [0.15, 0.2) is 0 Å². The summed E-state index contributed by atoms with van der Waals surface area (Å²) in [6.07, 6.45) is 3.72. The van der Waals surface area contributed by atoms with Crippen molar-refractivity contribution in [2.75, 3.05) is 19.7 Å². The van der Waals surface area contributed by atoms with Crippen LogP contribution in [0.5, 0.6) is 0 Å². The van der Waals surface area contributed by atoms with E-state index in [0.717, 1.165) is 39.0 Å². The van der Waals surface area contributed by atoms with Crippen LogP contribution < -0.4 is 0 Å². The van der Waals surface area contributed by atoms with E-state index in [-0.39, 0.29) is 6.04 Å². The quantitative estimate of drug-likeness (QED) is 0.687. The second-order valence-corrected chi connectivity index (χ2v) is 3.94. The van der Waals surface area contributed by atoms with Crippen LogP contribution >= 0.6 is 0 Å². The van der Waals surface area contributed by atoms with Gasteiger partial charge in [-0.15, -0.1) is 0 Å². The highest BCUT2D eigenvalue weighted by molar-refractivity contribution is 4.90. The SMILES string of the molecule is CCCOC1CCCN(C(C)C#N)C1. The first-order chi connectivity index (χ1) is 6.77. The molecule has 14 heavy (non-hydrogen) atoms. The molecular formula is C11H20N2O. The lowest BCUT2D eigenvalue weighted by Gasteiger charge is -2.33. The van der Waals surface area contributed by atoms with E-state index in [2.05, 4.69) is 17.9 Å². The van der Waals surface area contributed by atoms with Gasteiger partial charge < -0.3 is 4.74 Å². The summed E-state index contributed by atoms with van der Waals surface area (Å²) >= 11 is 0. The van der Waals surface area contributed by atoms with Crippen LogP contribution in [0, 0.1) is 11.3 Å². The number of hydrogen-bond acceptors (Lipinski definition) is 3. The van der Waals surface area contributed by atoms with Crippen LogP contribution in [0.3, 0.4) is 0 Å². The molecule has 0 amide bonds. The van der Waals surface area contributed by atoms with Gasteiger partial charge in [-0.2, -0.15) is 5.26 Å².